The Morgan fingerprint density at radius 2 is 1.68 bits per heavy atom. The lowest BCUT2D eigenvalue weighted by atomic mass is 9.88. The summed E-state index contributed by atoms with van der Waals surface area (Å²) in [5, 5.41) is 4.56. The van der Waals surface area contributed by atoms with E-state index in [2.05, 4.69) is 32.3 Å². The smallest absolute Gasteiger partial charge is 0.251 e. The molecule has 1 saturated heterocycles. The molecule has 1 aliphatic heterocycles. The molecule has 0 aliphatic carbocycles. The second-order valence-corrected chi connectivity index (χ2v) is 11.0. The number of likely N-dealkylation sites (tertiary alicyclic amines) is 1. The number of hydrogen-bond donors (Lipinski definition) is 2. The Bertz CT molecular complexity index is 925. The fraction of sp³-hybridized carbons (Fsp3) is 0.519. The maximum atomic E-state index is 12.9. The highest BCUT2D eigenvalue weighted by Crippen LogP contribution is 2.29. The molecule has 1 heterocycles. The van der Waals surface area contributed by atoms with E-state index in [1.165, 1.54) is 18.4 Å². The van der Waals surface area contributed by atoms with Crippen molar-refractivity contribution in [2.75, 3.05) is 33.2 Å². The summed E-state index contributed by atoms with van der Waals surface area (Å²) in [5.41, 5.74) is 8.76. The van der Waals surface area contributed by atoms with Crippen molar-refractivity contribution in [2.24, 2.45) is 17.6 Å². The van der Waals surface area contributed by atoms with E-state index < -0.39 is 0 Å². The summed E-state index contributed by atoms with van der Waals surface area (Å²) in [7, 11) is 2.33. The Hall–Kier alpha value is -1.30. The zero-order valence-corrected chi connectivity index (χ0v) is 22.8. The zero-order valence-electron chi connectivity index (χ0n) is 20.5. The lowest BCUT2D eigenvalue weighted by molar-refractivity contribution is -0.916. The first-order valence-corrected chi connectivity index (χ1v) is 12.8. The average molecular weight is 527 g/mol. The Labute approximate surface area is 221 Å². The van der Waals surface area contributed by atoms with Crippen molar-refractivity contribution in [3.63, 3.8) is 0 Å². The first kappa shape index (κ1) is 28.9. The Balaban J connectivity index is 0.00000408. The summed E-state index contributed by atoms with van der Waals surface area (Å²) in [5.74, 6) is 1.04. The molecule has 1 aliphatic rings. The molecule has 34 heavy (non-hydrogen) atoms. The standard InChI is InChI=1S/C27H37Cl2N3O.ClH/c1-19(2)26(31-27(33)23-7-4-20(5-8-23)10-13-30)18-32(3)14-11-21(12-15-32)16-22-6-9-24(28)25(29)17-22;/h4-9,17,19,21,26H,10-16,18,30H2,1-3H3;1H. The minimum Gasteiger partial charge on any atom is -1.00 e. The number of hydrogen-bond acceptors (Lipinski definition) is 2. The molecule has 4 nitrogen and oxygen atoms in total. The summed E-state index contributed by atoms with van der Waals surface area (Å²) in [6.07, 6.45) is 4.23. The van der Waals surface area contributed by atoms with E-state index in [1.54, 1.807) is 0 Å². The summed E-state index contributed by atoms with van der Waals surface area (Å²) in [6, 6.07) is 13.9. The fourth-order valence-electron chi connectivity index (χ4n) is 4.77. The van der Waals surface area contributed by atoms with Gasteiger partial charge in [-0.2, -0.15) is 0 Å². The van der Waals surface area contributed by atoms with Gasteiger partial charge in [-0.3, -0.25) is 4.79 Å². The largest absolute Gasteiger partial charge is 1.00 e. The molecule has 0 saturated carbocycles. The van der Waals surface area contributed by atoms with Crippen molar-refractivity contribution in [1.82, 2.24) is 5.32 Å². The number of piperidine rings is 1. The number of halogens is 3. The molecule has 0 bridgehead atoms. The van der Waals surface area contributed by atoms with Crippen LogP contribution < -0.4 is 23.5 Å². The fourth-order valence-corrected chi connectivity index (χ4v) is 5.09. The minimum absolute atomic E-state index is 0. The minimum atomic E-state index is 0. The molecule has 0 radical (unpaired) electrons. The van der Waals surface area contributed by atoms with Crippen LogP contribution in [-0.4, -0.2) is 49.7 Å². The predicted octanol–water partition coefficient (Wildman–Crippen LogP) is 2.35. The van der Waals surface area contributed by atoms with Gasteiger partial charge >= 0.3 is 0 Å². The van der Waals surface area contributed by atoms with Crippen molar-refractivity contribution in [3.05, 3.63) is 69.2 Å². The lowest BCUT2D eigenvalue weighted by Gasteiger charge is -2.43. The van der Waals surface area contributed by atoms with E-state index >= 15 is 0 Å². The van der Waals surface area contributed by atoms with Crippen LogP contribution >= 0.6 is 23.2 Å². The number of rotatable bonds is 9. The number of nitrogens with one attached hydrogen (secondary N) is 1. The van der Waals surface area contributed by atoms with Crippen molar-refractivity contribution in [3.8, 4) is 0 Å². The van der Waals surface area contributed by atoms with Crippen LogP contribution in [0.3, 0.4) is 0 Å². The molecule has 1 amide bonds. The van der Waals surface area contributed by atoms with Gasteiger partial charge in [0.05, 0.1) is 42.8 Å². The van der Waals surface area contributed by atoms with Crippen LogP contribution in [0.1, 0.15) is 48.2 Å². The van der Waals surface area contributed by atoms with Crippen LogP contribution in [0.15, 0.2) is 42.5 Å². The quantitative estimate of drug-likeness (QED) is 0.493. The third-order valence-electron chi connectivity index (χ3n) is 7.07. The van der Waals surface area contributed by atoms with Gasteiger partial charge in [0, 0.05) is 5.56 Å². The number of quaternary nitrogens is 1. The van der Waals surface area contributed by atoms with Crippen LogP contribution in [0.4, 0.5) is 0 Å². The van der Waals surface area contributed by atoms with Gasteiger partial charge in [-0.1, -0.05) is 55.2 Å². The number of carbonyl (C=O) groups is 1. The molecule has 3 rings (SSSR count). The third-order valence-corrected chi connectivity index (χ3v) is 7.81. The summed E-state index contributed by atoms with van der Waals surface area (Å²) >= 11 is 12.3. The van der Waals surface area contributed by atoms with Crippen LogP contribution in [0.2, 0.25) is 10.0 Å². The zero-order chi connectivity index (χ0) is 24.0. The molecular formula is C27H38Cl3N3O. The second-order valence-electron chi connectivity index (χ2n) is 10.2. The second kappa shape index (κ2) is 13.1. The molecule has 1 atom stereocenters. The van der Waals surface area contributed by atoms with Crippen molar-refractivity contribution >= 4 is 29.1 Å². The summed E-state index contributed by atoms with van der Waals surface area (Å²) in [4.78, 5) is 12.9. The first-order chi connectivity index (χ1) is 15.7. The number of nitrogens with zero attached hydrogens (tertiary/aromatic N) is 1. The highest BCUT2D eigenvalue weighted by Gasteiger charge is 2.34. The Morgan fingerprint density at radius 3 is 2.24 bits per heavy atom. The lowest BCUT2D eigenvalue weighted by Crippen LogP contribution is -3.00. The van der Waals surface area contributed by atoms with Gasteiger partial charge in [0.2, 0.25) is 0 Å². The van der Waals surface area contributed by atoms with E-state index in [0.29, 0.717) is 34.0 Å². The highest BCUT2D eigenvalue weighted by molar-refractivity contribution is 6.42. The Morgan fingerprint density at radius 1 is 1.06 bits per heavy atom. The molecule has 0 aromatic heterocycles. The van der Waals surface area contributed by atoms with E-state index in [-0.39, 0.29) is 24.4 Å². The van der Waals surface area contributed by atoms with Gasteiger partial charge in [-0.15, -0.1) is 0 Å². The van der Waals surface area contributed by atoms with E-state index in [1.807, 2.05) is 36.4 Å². The van der Waals surface area contributed by atoms with E-state index in [9.17, 15) is 4.79 Å². The van der Waals surface area contributed by atoms with E-state index in [4.69, 9.17) is 28.9 Å². The van der Waals surface area contributed by atoms with Crippen molar-refractivity contribution < 1.29 is 21.7 Å². The molecule has 188 valence electrons. The number of carbonyl (C=O) groups excluding carboxylic acids is 1. The first-order valence-electron chi connectivity index (χ1n) is 12.1. The van der Waals surface area contributed by atoms with Crippen LogP contribution in [0.25, 0.3) is 0 Å². The number of amides is 1. The normalized spacial score (nSPS) is 21.1. The van der Waals surface area contributed by atoms with Gasteiger partial charge in [0.25, 0.3) is 5.91 Å². The number of likely N-dealkylation sites (N-methyl/N-ethyl adjacent to an activating group) is 1. The molecule has 7 heteroatoms. The maximum Gasteiger partial charge on any atom is 0.251 e. The Kier molecular flexibility index (Phi) is 11.2. The molecule has 3 N–H and O–H groups in total. The van der Waals surface area contributed by atoms with Gasteiger partial charge in [-0.05, 0) is 79.5 Å². The molecule has 0 spiro atoms. The molecule has 1 unspecified atom stereocenters. The molecule has 2 aromatic rings. The van der Waals surface area contributed by atoms with Crippen LogP contribution in [0.5, 0.6) is 0 Å². The number of nitrogens with two attached hydrogens (primary N) is 1. The van der Waals surface area contributed by atoms with Crippen LogP contribution in [-0.2, 0) is 12.8 Å². The average Bonchev–Trinajstić information content (AvgIpc) is 2.78. The van der Waals surface area contributed by atoms with E-state index in [0.717, 1.165) is 42.5 Å². The van der Waals surface area contributed by atoms with Gasteiger partial charge < -0.3 is 27.9 Å². The molecule has 1 fully saturated rings. The topological polar surface area (TPSA) is 55.1 Å². The van der Waals surface area contributed by atoms with Gasteiger partial charge in [-0.25, -0.2) is 0 Å². The monoisotopic (exact) mass is 525 g/mol. The molecular weight excluding hydrogens is 489 g/mol. The maximum absolute atomic E-state index is 12.9. The van der Waals surface area contributed by atoms with Crippen molar-refractivity contribution in [1.29, 1.82) is 0 Å². The predicted molar refractivity (Wildman–Crippen MR) is 139 cm³/mol. The van der Waals surface area contributed by atoms with Gasteiger partial charge in [0.1, 0.15) is 0 Å². The highest BCUT2D eigenvalue weighted by atomic mass is 35.5. The van der Waals surface area contributed by atoms with Crippen LogP contribution in [0, 0.1) is 11.8 Å². The third kappa shape index (κ3) is 8.13. The summed E-state index contributed by atoms with van der Waals surface area (Å²) in [6.45, 7) is 8.20. The molecule has 2 aromatic carbocycles. The SMILES string of the molecule is CC(C)C(C[N+]1(C)CCC(Cc2ccc(Cl)c(Cl)c2)CC1)NC(=O)c1ccc(CCN)cc1.[Cl-]. The number of benzene rings is 2. The van der Waals surface area contributed by atoms with Crippen molar-refractivity contribution in [2.45, 2.75) is 45.6 Å². The summed E-state index contributed by atoms with van der Waals surface area (Å²) < 4.78 is 0.996. The van der Waals surface area contributed by atoms with Gasteiger partial charge in [0.15, 0.2) is 0 Å².